The molecule has 1 fully saturated rings. The van der Waals surface area contributed by atoms with Crippen LogP contribution in [0.5, 0.6) is 0 Å². The topological polar surface area (TPSA) is 61.4 Å². The molecule has 0 radical (unpaired) electrons. The molecule has 1 aliphatic heterocycles. The van der Waals surface area contributed by atoms with Gasteiger partial charge in [0.1, 0.15) is 23.5 Å². The number of urea groups is 1. The van der Waals surface area contributed by atoms with Crippen molar-refractivity contribution in [3.8, 4) is 0 Å². The van der Waals surface area contributed by atoms with E-state index < -0.39 is 23.7 Å². The number of halogens is 3. The lowest BCUT2D eigenvalue weighted by Gasteiger charge is -2.18. The number of aryl methyl sites for hydroxylation is 1. The molecule has 0 aromatic heterocycles. The summed E-state index contributed by atoms with van der Waals surface area (Å²) in [5.74, 6) is -2.35. The third-order valence-electron chi connectivity index (χ3n) is 4.08. The third-order valence-corrected chi connectivity index (χ3v) is 4.08. The molecule has 3 rings (SSSR count). The summed E-state index contributed by atoms with van der Waals surface area (Å²) >= 11 is 0. The number of hydrogen-bond acceptors (Lipinski definition) is 2. The van der Waals surface area contributed by atoms with E-state index in [1.165, 1.54) is 17.0 Å². The molecule has 1 heterocycles. The van der Waals surface area contributed by atoms with E-state index in [9.17, 15) is 22.8 Å². The Morgan fingerprint density at radius 1 is 1.12 bits per heavy atom. The summed E-state index contributed by atoms with van der Waals surface area (Å²) in [4.78, 5) is 25.9. The van der Waals surface area contributed by atoms with Crippen LogP contribution in [0.2, 0.25) is 0 Å². The van der Waals surface area contributed by atoms with Gasteiger partial charge in [0.2, 0.25) is 5.91 Å². The van der Waals surface area contributed by atoms with E-state index in [4.69, 9.17) is 0 Å². The second kappa shape index (κ2) is 7.07. The first-order valence-corrected chi connectivity index (χ1v) is 7.94. The van der Waals surface area contributed by atoms with Crippen LogP contribution in [0, 0.1) is 24.4 Å². The van der Waals surface area contributed by atoms with E-state index in [1.54, 1.807) is 13.0 Å². The van der Waals surface area contributed by atoms with Crippen LogP contribution in [0.15, 0.2) is 36.4 Å². The molecule has 1 aliphatic rings. The average molecular weight is 363 g/mol. The molecule has 1 atom stereocenters. The SMILES string of the molecule is Cc1cc(N2CCC(NC(=O)Nc3cc(F)cc(F)c3)C2=O)ccc1F. The Morgan fingerprint density at radius 3 is 2.46 bits per heavy atom. The summed E-state index contributed by atoms with van der Waals surface area (Å²) in [6, 6.07) is 5.43. The molecule has 0 saturated carbocycles. The Labute approximate surface area is 147 Å². The Hall–Kier alpha value is -3.03. The highest BCUT2D eigenvalue weighted by Gasteiger charge is 2.33. The van der Waals surface area contributed by atoms with Crippen molar-refractivity contribution in [1.29, 1.82) is 0 Å². The summed E-state index contributed by atoms with van der Waals surface area (Å²) in [5, 5.41) is 4.77. The number of carbonyl (C=O) groups is 2. The van der Waals surface area contributed by atoms with Gasteiger partial charge >= 0.3 is 6.03 Å². The molecule has 2 N–H and O–H groups in total. The minimum absolute atomic E-state index is 0.0588. The molecule has 0 spiro atoms. The van der Waals surface area contributed by atoms with Gasteiger partial charge in [-0.3, -0.25) is 4.79 Å². The van der Waals surface area contributed by atoms with E-state index >= 15 is 0 Å². The van der Waals surface area contributed by atoms with Gasteiger partial charge in [-0.15, -0.1) is 0 Å². The molecule has 1 unspecified atom stereocenters. The molecular formula is C18H16F3N3O2. The molecule has 2 aromatic carbocycles. The van der Waals surface area contributed by atoms with Crippen molar-refractivity contribution in [3.05, 3.63) is 59.4 Å². The van der Waals surface area contributed by atoms with E-state index in [0.29, 0.717) is 30.3 Å². The van der Waals surface area contributed by atoms with Crippen LogP contribution in [-0.2, 0) is 4.79 Å². The van der Waals surface area contributed by atoms with Gasteiger partial charge in [0.05, 0.1) is 0 Å². The first kappa shape index (κ1) is 17.8. The predicted molar refractivity (Wildman–Crippen MR) is 90.4 cm³/mol. The van der Waals surface area contributed by atoms with Crippen molar-refractivity contribution in [2.24, 2.45) is 0 Å². The van der Waals surface area contributed by atoms with E-state index in [2.05, 4.69) is 10.6 Å². The lowest BCUT2D eigenvalue weighted by atomic mass is 10.2. The molecule has 2 aromatic rings. The first-order chi connectivity index (χ1) is 12.3. The van der Waals surface area contributed by atoms with Crippen molar-refractivity contribution in [1.82, 2.24) is 5.32 Å². The zero-order valence-electron chi connectivity index (χ0n) is 13.9. The average Bonchev–Trinajstić information content (AvgIpc) is 2.90. The molecule has 0 aliphatic carbocycles. The lowest BCUT2D eigenvalue weighted by Crippen LogP contribution is -2.43. The fourth-order valence-corrected chi connectivity index (χ4v) is 2.82. The van der Waals surface area contributed by atoms with Crippen LogP contribution in [-0.4, -0.2) is 24.5 Å². The quantitative estimate of drug-likeness (QED) is 0.879. The number of nitrogens with zero attached hydrogens (tertiary/aromatic N) is 1. The molecule has 1 saturated heterocycles. The summed E-state index contributed by atoms with van der Waals surface area (Å²) in [7, 11) is 0. The maximum atomic E-state index is 13.4. The Bertz CT molecular complexity index is 853. The van der Waals surface area contributed by atoms with Crippen LogP contribution in [0.1, 0.15) is 12.0 Å². The number of anilines is 2. The lowest BCUT2D eigenvalue weighted by molar-refractivity contribution is -0.118. The van der Waals surface area contributed by atoms with Gasteiger partial charge in [0.15, 0.2) is 0 Å². The molecule has 5 nitrogen and oxygen atoms in total. The molecule has 26 heavy (non-hydrogen) atoms. The van der Waals surface area contributed by atoms with Crippen molar-refractivity contribution in [2.45, 2.75) is 19.4 Å². The first-order valence-electron chi connectivity index (χ1n) is 7.94. The number of amides is 3. The van der Waals surface area contributed by atoms with Crippen molar-refractivity contribution in [2.75, 3.05) is 16.8 Å². The van der Waals surface area contributed by atoms with Gasteiger partial charge in [0, 0.05) is 24.0 Å². The van der Waals surface area contributed by atoms with Crippen LogP contribution >= 0.6 is 0 Å². The van der Waals surface area contributed by atoms with Gasteiger partial charge in [-0.1, -0.05) is 0 Å². The van der Waals surface area contributed by atoms with Gasteiger partial charge < -0.3 is 15.5 Å². The second-order valence-corrected chi connectivity index (χ2v) is 6.02. The maximum absolute atomic E-state index is 13.4. The minimum Gasteiger partial charge on any atom is -0.326 e. The van der Waals surface area contributed by atoms with Gasteiger partial charge in [-0.05, 0) is 49.2 Å². The predicted octanol–water partition coefficient (Wildman–Crippen LogP) is 3.34. The van der Waals surface area contributed by atoms with Gasteiger partial charge in [-0.25, -0.2) is 18.0 Å². The maximum Gasteiger partial charge on any atom is 0.319 e. The zero-order valence-corrected chi connectivity index (χ0v) is 13.9. The summed E-state index contributed by atoms with van der Waals surface area (Å²) < 4.78 is 39.7. The number of carbonyl (C=O) groups excluding carboxylic acids is 2. The van der Waals surface area contributed by atoms with E-state index in [0.717, 1.165) is 12.1 Å². The molecule has 8 heteroatoms. The molecule has 136 valence electrons. The fraction of sp³-hybridized carbons (Fsp3) is 0.222. The normalized spacial score (nSPS) is 16.7. The van der Waals surface area contributed by atoms with Crippen molar-refractivity contribution >= 4 is 23.3 Å². The summed E-state index contributed by atoms with van der Waals surface area (Å²) in [6.45, 7) is 1.96. The number of nitrogens with one attached hydrogen (secondary N) is 2. The van der Waals surface area contributed by atoms with E-state index in [-0.39, 0.29) is 17.4 Å². The number of rotatable bonds is 3. The second-order valence-electron chi connectivity index (χ2n) is 6.02. The zero-order chi connectivity index (χ0) is 18.8. The highest BCUT2D eigenvalue weighted by molar-refractivity contribution is 6.02. The smallest absolute Gasteiger partial charge is 0.319 e. The fourth-order valence-electron chi connectivity index (χ4n) is 2.82. The summed E-state index contributed by atoms with van der Waals surface area (Å²) in [6.07, 6.45) is 0.361. The Morgan fingerprint density at radius 2 is 1.81 bits per heavy atom. The van der Waals surface area contributed by atoms with Gasteiger partial charge in [0.25, 0.3) is 0 Å². The van der Waals surface area contributed by atoms with Crippen LogP contribution < -0.4 is 15.5 Å². The summed E-state index contributed by atoms with van der Waals surface area (Å²) in [5.41, 5.74) is 0.903. The van der Waals surface area contributed by atoms with Crippen LogP contribution in [0.4, 0.5) is 29.3 Å². The Kier molecular flexibility index (Phi) is 4.83. The standard InChI is InChI=1S/C18H16F3N3O2/c1-10-6-14(2-3-15(10)21)24-5-4-16(17(24)25)23-18(26)22-13-8-11(19)7-12(20)9-13/h2-3,6-9,16H,4-5H2,1H3,(H2,22,23,26). The van der Waals surface area contributed by atoms with Crippen LogP contribution in [0.3, 0.4) is 0 Å². The largest absolute Gasteiger partial charge is 0.326 e. The number of hydrogen-bond donors (Lipinski definition) is 2. The van der Waals surface area contributed by atoms with Crippen molar-refractivity contribution in [3.63, 3.8) is 0 Å². The third kappa shape index (κ3) is 3.79. The van der Waals surface area contributed by atoms with E-state index in [1.807, 2.05) is 0 Å². The minimum atomic E-state index is -0.824. The van der Waals surface area contributed by atoms with Crippen LogP contribution in [0.25, 0.3) is 0 Å². The highest BCUT2D eigenvalue weighted by atomic mass is 19.1. The van der Waals surface area contributed by atoms with Gasteiger partial charge in [-0.2, -0.15) is 0 Å². The Balaban J connectivity index is 1.64. The molecular weight excluding hydrogens is 347 g/mol. The number of benzene rings is 2. The van der Waals surface area contributed by atoms with Crippen molar-refractivity contribution < 1.29 is 22.8 Å². The molecule has 0 bridgehead atoms. The highest BCUT2D eigenvalue weighted by Crippen LogP contribution is 2.24. The monoisotopic (exact) mass is 363 g/mol. The molecule has 3 amide bonds.